The molecule has 1 saturated heterocycles. The molecule has 0 aromatic heterocycles. The molecule has 192 valence electrons. The van der Waals surface area contributed by atoms with Crippen molar-refractivity contribution in [1.82, 2.24) is 15.1 Å². The molecular weight excluding hydrogens is 482 g/mol. The highest BCUT2D eigenvalue weighted by atomic mass is 35.5. The van der Waals surface area contributed by atoms with E-state index in [1.165, 1.54) is 16.7 Å². The molecule has 2 aliphatic heterocycles. The van der Waals surface area contributed by atoms with Crippen molar-refractivity contribution in [3.05, 3.63) is 106 Å². The van der Waals surface area contributed by atoms with Gasteiger partial charge < -0.3 is 15.1 Å². The minimum absolute atomic E-state index is 0.00692. The molecule has 3 aromatic rings. The summed E-state index contributed by atoms with van der Waals surface area (Å²) in [7, 11) is 0. The lowest BCUT2D eigenvalue weighted by molar-refractivity contribution is -0.121. The van der Waals surface area contributed by atoms with Gasteiger partial charge in [-0.3, -0.25) is 9.59 Å². The van der Waals surface area contributed by atoms with E-state index >= 15 is 0 Å². The number of carbonyl (C=O) groups is 2. The van der Waals surface area contributed by atoms with Crippen LogP contribution in [0.1, 0.15) is 59.3 Å². The van der Waals surface area contributed by atoms with Gasteiger partial charge in [-0.25, -0.2) is 0 Å². The molecule has 2 amide bonds. The van der Waals surface area contributed by atoms with Gasteiger partial charge in [-0.05, 0) is 66.6 Å². The van der Waals surface area contributed by atoms with Crippen LogP contribution in [-0.4, -0.2) is 47.8 Å². The fourth-order valence-electron chi connectivity index (χ4n) is 6.01. The van der Waals surface area contributed by atoms with Crippen LogP contribution < -0.4 is 5.32 Å². The molecule has 0 aliphatic carbocycles. The number of amides is 2. The minimum Gasteiger partial charge on any atom is -0.347 e. The van der Waals surface area contributed by atoms with Crippen molar-refractivity contribution < 1.29 is 9.59 Å². The number of benzene rings is 3. The molecule has 0 bridgehead atoms. The number of hydrogen-bond donors (Lipinski definition) is 1. The van der Waals surface area contributed by atoms with E-state index in [0.29, 0.717) is 17.1 Å². The lowest BCUT2D eigenvalue weighted by Crippen LogP contribution is -2.53. The van der Waals surface area contributed by atoms with Gasteiger partial charge in [-0.15, -0.1) is 0 Å². The van der Waals surface area contributed by atoms with Gasteiger partial charge in [0.05, 0.1) is 11.6 Å². The number of hydrogen-bond acceptors (Lipinski definition) is 3. The number of carbonyl (C=O) groups excluding carboxylic acids is 2. The number of piperidine rings is 1. The summed E-state index contributed by atoms with van der Waals surface area (Å²) in [6.45, 7) is 5.00. The molecule has 1 unspecified atom stereocenters. The average Bonchev–Trinajstić information content (AvgIpc) is 2.92. The van der Waals surface area contributed by atoms with E-state index in [4.69, 9.17) is 11.6 Å². The summed E-state index contributed by atoms with van der Waals surface area (Å²) in [5, 5.41) is 3.90. The normalized spacial score (nSPS) is 19.2. The molecule has 3 aromatic carbocycles. The standard InChI is InChI=1S/C31H34ClN3O2/c1-23(36)33-31(26-8-3-2-4-9-26)17-21-34(22-18-31)19-16-29-28-10-6-5-7-24(28)15-20-35(29)30(37)25-11-13-27(32)14-12-25/h2-14,29H,15-22H2,1H3,(H,33,36). The summed E-state index contributed by atoms with van der Waals surface area (Å²) in [5.74, 6) is 0.0658. The molecule has 2 heterocycles. The van der Waals surface area contributed by atoms with E-state index in [-0.39, 0.29) is 23.4 Å². The predicted molar refractivity (Wildman–Crippen MR) is 148 cm³/mol. The summed E-state index contributed by atoms with van der Waals surface area (Å²) < 4.78 is 0. The number of rotatable bonds is 6. The first-order valence-corrected chi connectivity index (χ1v) is 13.5. The molecule has 2 aliphatic rings. The molecule has 1 atom stereocenters. The summed E-state index contributed by atoms with van der Waals surface area (Å²) in [5.41, 5.74) is 4.11. The minimum atomic E-state index is -0.322. The van der Waals surface area contributed by atoms with Crippen molar-refractivity contribution in [3.63, 3.8) is 0 Å². The summed E-state index contributed by atoms with van der Waals surface area (Å²) in [6.07, 6.45) is 3.47. The van der Waals surface area contributed by atoms with Gasteiger partial charge >= 0.3 is 0 Å². The second-order valence-corrected chi connectivity index (χ2v) is 10.7. The molecule has 1 N–H and O–H groups in total. The van der Waals surface area contributed by atoms with Crippen LogP contribution in [0.15, 0.2) is 78.9 Å². The van der Waals surface area contributed by atoms with Crippen LogP contribution in [-0.2, 0) is 16.8 Å². The lowest BCUT2D eigenvalue weighted by Gasteiger charge is -2.44. The van der Waals surface area contributed by atoms with Gasteiger partial charge in [0.1, 0.15) is 0 Å². The smallest absolute Gasteiger partial charge is 0.254 e. The van der Waals surface area contributed by atoms with Crippen LogP contribution in [0.4, 0.5) is 0 Å². The molecule has 0 spiro atoms. The van der Waals surface area contributed by atoms with Gasteiger partial charge in [0.15, 0.2) is 0 Å². The highest BCUT2D eigenvalue weighted by molar-refractivity contribution is 6.30. The molecule has 0 saturated carbocycles. The maximum absolute atomic E-state index is 13.6. The Kier molecular flexibility index (Phi) is 7.63. The van der Waals surface area contributed by atoms with Crippen LogP contribution in [0, 0.1) is 0 Å². The van der Waals surface area contributed by atoms with Gasteiger partial charge in [0, 0.05) is 43.7 Å². The number of nitrogens with zero attached hydrogens (tertiary/aromatic N) is 2. The number of fused-ring (bicyclic) bond motifs is 1. The first kappa shape index (κ1) is 25.5. The highest BCUT2D eigenvalue weighted by Gasteiger charge is 2.37. The summed E-state index contributed by atoms with van der Waals surface area (Å²) in [6, 6.07) is 26.1. The summed E-state index contributed by atoms with van der Waals surface area (Å²) in [4.78, 5) is 30.2. The van der Waals surface area contributed by atoms with Crippen molar-refractivity contribution in [2.75, 3.05) is 26.2 Å². The second kappa shape index (κ2) is 11.1. The molecule has 5 rings (SSSR count). The molecule has 1 fully saturated rings. The van der Waals surface area contributed by atoms with Gasteiger partial charge in [0.2, 0.25) is 5.91 Å². The van der Waals surface area contributed by atoms with Gasteiger partial charge in [0.25, 0.3) is 5.91 Å². The Morgan fingerprint density at radius 2 is 1.59 bits per heavy atom. The molecular formula is C31H34ClN3O2. The third-order valence-corrected chi connectivity index (χ3v) is 8.19. The molecule has 0 radical (unpaired) electrons. The van der Waals surface area contributed by atoms with E-state index in [2.05, 4.69) is 46.6 Å². The Labute approximate surface area is 224 Å². The molecule has 6 heteroatoms. The lowest BCUT2D eigenvalue weighted by atomic mass is 9.80. The van der Waals surface area contributed by atoms with Crippen molar-refractivity contribution in [2.45, 2.75) is 44.2 Å². The topological polar surface area (TPSA) is 52.7 Å². The first-order valence-electron chi connectivity index (χ1n) is 13.2. The van der Waals surface area contributed by atoms with Crippen molar-refractivity contribution in [1.29, 1.82) is 0 Å². The Balaban J connectivity index is 1.31. The fourth-order valence-corrected chi connectivity index (χ4v) is 6.13. The van der Waals surface area contributed by atoms with E-state index in [0.717, 1.165) is 45.3 Å². The average molecular weight is 516 g/mol. The maximum Gasteiger partial charge on any atom is 0.254 e. The molecule has 5 nitrogen and oxygen atoms in total. The van der Waals surface area contributed by atoms with Gasteiger partial charge in [-0.2, -0.15) is 0 Å². The Morgan fingerprint density at radius 1 is 0.919 bits per heavy atom. The zero-order valence-corrected chi connectivity index (χ0v) is 22.1. The largest absolute Gasteiger partial charge is 0.347 e. The highest BCUT2D eigenvalue weighted by Crippen LogP contribution is 2.36. The fraction of sp³-hybridized carbons (Fsp3) is 0.355. The van der Waals surface area contributed by atoms with Crippen molar-refractivity contribution >= 4 is 23.4 Å². The SMILES string of the molecule is CC(=O)NC1(c2ccccc2)CCN(CCC2c3ccccc3CCN2C(=O)c2ccc(Cl)cc2)CC1. The maximum atomic E-state index is 13.6. The van der Waals surface area contributed by atoms with E-state index in [1.54, 1.807) is 19.1 Å². The predicted octanol–water partition coefficient (Wildman–Crippen LogP) is 5.60. The van der Waals surface area contributed by atoms with Crippen LogP contribution in [0.2, 0.25) is 5.02 Å². The van der Waals surface area contributed by atoms with Gasteiger partial charge in [-0.1, -0.05) is 66.2 Å². The Morgan fingerprint density at radius 3 is 2.30 bits per heavy atom. The van der Waals surface area contributed by atoms with E-state index in [9.17, 15) is 9.59 Å². The van der Waals surface area contributed by atoms with E-state index in [1.807, 2.05) is 35.2 Å². The van der Waals surface area contributed by atoms with Crippen LogP contribution >= 0.6 is 11.6 Å². The zero-order valence-electron chi connectivity index (χ0n) is 21.3. The van der Waals surface area contributed by atoms with Crippen molar-refractivity contribution in [3.8, 4) is 0 Å². The second-order valence-electron chi connectivity index (χ2n) is 10.2. The number of nitrogens with one attached hydrogen (secondary N) is 1. The monoisotopic (exact) mass is 515 g/mol. The Bertz CT molecular complexity index is 1240. The van der Waals surface area contributed by atoms with Crippen molar-refractivity contribution in [2.24, 2.45) is 0 Å². The Hall–Kier alpha value is -3.15. The third kappa shape index (κ3) is 5.58. The molecule has 37 heavy (non-hydrogen) atoms. The number of likely N-dealkylation sites (tertiary alicyclic amines) is 1. The number of halogens is 1. The van der Waals surface area contributed by atoms with Crippen LogP contribution in [0.25, 0.3) is 0 Å². The third-order valence-electron chi connectivity index (χ3n) is 7.93. The zero-order chi connectivity index (χ0) is 25.8. The van der Waals surface area contributed by atoms with Crippen LogP contribution in [0.5, 0.6) is 0 Å². The van der Waals surface area contributed by atoms with E-state index < -0.39 is 0 Å². The summed E-state index contributed by atoms with van der Waals surface area (Å²) >= 11 is 6.07. The first-order chi connectivity index (χ1) is 17.9. The quantitative estimate of drug-likeness (QED) is 0.465. The van der Waals surface area contributed by atoms with Crippen LogP contribution in [0.3, 0.4) is 0 Å².